The Morgan fingerprint density at radius 3 is 2.69 bits per heavy atom. The van der Waals surface area contributed by atoms with Crippen molar-refractivity contribution in [1.82, 2.24) is 24.8 Å². The summed E-state index contributed by atoms with van der Waals surface area (Å²) >= 11 is 1.52. The summed E-state index contributed by atoms with van der Waals surface area (Å²) in [6, 6.07) is 11.5. The number of hydrogen-bond donors (Lipinski definition) is 2. The van der Waals surface area contributed by atoms with E-state index in [1.54, 1.807) is 18.6 Å². The van der Waals surface area contributed by atoms with Crippen molar-refractivity contribution >= 4 is 34.6 Å². The molecule has 3 aromatic heterocycles. The molecule has 0 saturated carbocycles. The van der Waals surface area contributed by atoms with Crippen LogP contribution in [0, 0.1) is 13.8 Å². The zero-order valence-electron chi connectivity index (χ0n) is 20.7. The van der Waals surface area contributed by atoms with E-state index in [9.17, 15) is 4.79 Å². The Morgan fingerprint density at radius 2 is 1.92 bits per heavy atom. The number of aromatic nitrogens is 4. The molecular formula is C27H29N7OS. The molecule has 2 N–H and O–H groups in total. The van der Waals surface area contributed by atoms with E-state index in [2.05, 4.69) is 37.5 Å². The summed E-state index contributed by atoms with van der Waals surface area (Å²) in [5.41, 5.74) is 5.03. The minimum Gasteiger partial charge on any atom is -0.324 e. The van der Waals surface area contributed by atoms with E-state index in [1.165, 1.54) is 11.3 Å². The number of pyridine rings is 1. The number of hydrogen-bond acceptors (Lipinski definition) is 8. The summed E-state index contributed by atoms with van der Waals surface area (Å²) in [6.07, 6.45) is 7.39. The fourth-order valence-corrected chi connectivity index (χ4v) is 5.43. The molecule has 0 bridgehead atoms. The zero-order valence-corrected chi connectivity index (χ0v) is 21.5. The fourth-order valence-electron chi connectivity index (χ4n) is 4.29. The largest absolute Gasteiger partial charge is 0.324 e. The van der Waals surface area contributed by atoms with Gasteiger partial charge < -0.3 is 15.5 Å². The first-order chi connectivity index (χ1) is 17.5. The molecule has 0 unspecified atom stereocenters. The maximum absolute atomic E-state index is 13.1. The van der Waals surface area contributed by atoms with Crippen LogP contribution in [0.4, 0.5) is 17.3 Å². The van der Waals surface area contributed by atoms with Crippen LogP contribution >= 0.6 is 11.3 Å². The number of likely N-dealkylation sites (tertiary alicyclic amines) is 1. The molecule has 0 aliphatic carbocycles. The predicted octanol–water partition coefficient (Wildman–Crippen LogP) is 5.42. The minimum absolute atomic E-state index is 0.131. The molecule has 9 heteroatoms. The van der Waals surface area contributed by atoms with Gasteiger partial charge in [-0.15, -0.1) is 11.3 Å². The van der Waals surface area contributed by atoms with Gasteiger partial charge in [-0.1, -0.05) is 6.07 Å². The van der Waals surface area contributed by atoms with Gasteiger partial charge >= 0.3 is 0 Å². The Labute approximate surface area is 214 Å². The average Bonchev–Trinajstić information content (AvgIpc) is 3.29. The molecule has 4 aromatic rings. The van der Waals surface area contributed by atoms with E-state index in [-0.39, 0.29) is 5.91 Å². The first-order valence-electron chi connectivity index (χ1n) is 12.0. The van der Waals surface area contributed by atoms with E-state index >= 15 is 0 Å². The van der Waals surface area contributed by atoms with Crippen molar-refractivity contribution in [1.29, 1.82) is 0 Å². The third-order valence-electron chi connectivity index (χ3n) is 6.44. The second kappa shape index (κ2) is 10.5. The summed E-state index contributed by atoms with van der Waals surface area (Å²) in [5, 5.41) is 7.41. The van der Waals surface area contributed by atoms with Crippen molar-refractivity contribution in [2.45, 2.75) is 32.6 Å². The highest BCUT2D eigenvalue weighted by atomic mass is 32.1. The number of benzene rings is 1. The van der Waals surface area contributed by atoms with Crippen molar-refractivity contribution < 1.29 is 4.79 Å². The highest BCUT2D eigenvalue weighted by Gasteiger charge is 2.24. The van der Waals surface area contributed by atoms with Gasteiger partial charge in [0.05, 0.1) is 16.4 Å². The normalized spacial score (nSPS) is 14.5. The van der Waals surface area contributed by atoms with Crippen molar-refractivity contribution in [3.8, 4) is 11.3 Å². The summed E-state index contributed by atoms with van der Waals surface area (Å²) < 4.78 is 0. The summed E-state index contributed by atoms with van der Waals surface area (Å²) in [7, 11) is 2.15. The molecule has 0 spiro atoms. The fraction of sp³-hybridized carbons (Fsp3) is 0.296. The van der Waals surface area contributed by atoms with E-state index < -0.39 is 0 Å². The van der Waals surface area contributed by atoms with Crippen molar-refractivity contribution in [2.24, 2.45) is 0 Å². The summed E-state index contributed by atoms with van der Waals surface area (Å²) in [4.78, 5) is 34.1. The molecule has 0 radical (unpaired) electrons. The van der Waals surface area contributed by atoms with Gasteiger partial charge in [0, 0.05) is 41.4 Å². The van der Waals surface area contributed by atoms with Crippen molar-refractivity contribution in [2.75, 3.05) is 30.8 Å². The highest BCUT2D eigenvalue weighted by Crippen LogP contribution is 2.33. The van der Waals surface area contributed by atoms with Crippen LogP contribution in [0.5, 0.6) is 0 Å². The molecule has 5 rings (SSSR count). The molecule has 1 saturated heterocycles. The van der Waals surface area contributed by atoms with Crippen molar-refractivity contribution in [3.63, 3.8) is 0 Å². The number of carbonyl (C=O) groups excluding carboxylic acids is 1. The first-order valence-corrected chi connectivity index (χ1v) is 12.9. The number of amides is 1. The lowest BCUT2D eigenvalue weighted by molar-refractivity contribution is 0.103. The number of carbonyl (C=O) groups is 1. The Morgan fingerprint density at radius 1 is 1.08 bits per heavy atom. The smallest absolute Gasteiger partial charge is 0.267 e. The number of rotatable bonds is 6. The molecular weight excluding hydrogens is 470 g/mol. The van der Waals surface area contributed by atoms with Gasteiger partial charge in [0.15, 0.2) is 0 Å². The Kier molecular flexibility index (Phi) is 7.02. The van der Waals surface area contributed by atoms with E-state index in [0.717, 1.165) is 59.1 Å². The van der Waals surface area contributed by atoms with E-state index in [1.807, 2.05) is 50.2 Å². The standard InChI is InChI=1S/C27H29N7OS/c1-17-6-7-21(15-23(17)33-27-29-12-8-22(32-27)20-5-4-11-28-16-20)31-25(35)24-18(2)30-26(36-24)19-9-13-34(3)14-10-19/h4-8,11-12,15-16,19H,9-10,13-14H2,1-3H3,(H,31,35)(H,29,32,33). The average molecular weight is 500 g/mol. The molecule has 1 aliphatic heterocycles. The van der Waals surface area contributed by atoms with E-state index in [4.69, 9.17) is 4.98 Å². The van der Waals surface area contributed by atoms with Crippen LogP contribution in [-0.4, -0.2) is 50.9 Å². The molecule has 8 nitrogen and oxygen atoms in total. The summed E-state index contributed by atoms with van der Waals surface area (Å²) in [6.45, 7) is 6.05. The number of nitrogens with zero attached hydrogens (tertiary/aromatic N) is 5. The van der Waals surface area contributed by atoms with Crippen LogP contribution in [0.15, 0.2) is 55.0 Å². The quantitative estimate of drug-likeness (QED) is 0.366. The first kappa shape index (κ1) is 24.0. The van der Waals surface area contributed by atoms with Crippen molar-refractivity contribution in [3.05, 3.63) is 76.1 Å². The van der Waals surface area contributed by atoms with Gasteiger partial charge in [-0.05, 0) is 82.7 Å². The lowest BCUT2D eigenvalue weighted by atomic mass is 9.98. The lowest BCUT2D eigenvalue weighted by Crippen LogP contribution is -2.29. The monoisotopic (exact) mass is 499 g/mol. The maximum atomic E-state index is 13.1. The third-order valence-corrected chi connectivity index (χ3v) is 7.76. The molecule has 0 atom stereocenters. The number of thiazole rings is 1. The van der Waals surface area contributed by atoms with Gasteiger partial charge in [0.25, 0.3) is 5.91 Å². The maximum Gasteiger partial charge on any atom is 0.267 e. The Balaban J connectivity index is 1.31. The third kappa shape index (κ3) is 5.42. The number of nitrogens with one attached hydrogen (secondary N) is 2. The second-order valence-corrected chi connectivity index (χ2v) is 10.2. The lowest BCUT2D eigenvalue weighted by Gasteiger charge is -2.27. The molecule has 36 heavy (non-hydrogen) atoms. The number of piperidine rings is 1. The van der Waals surface area contributed by atoms with Gasteiger partial charge in [0.1, 0.15) is 4.88 Å². The minimum atomic E-state index is -0.131. The molecule has 1 amide bonds. The van der Waals surface area contributed by atoms with Crippen LogP contribution in [0.2, 0.25) is 0 Å². The molecule has 1 aromatic carbocycles. The highest BCUT2D eigenvalue weighted by molar-refractivity contribution is 7.14. The van der Waals surface area contributed by atoms with Crippen LogP contribution in [0.3, 0.4) is 0 Å². The molecule has 184 valence electrons. The van der Waals surface area contributed by atoms with Crippen LogP contribution in [0.1, 0.15) is 44.7 Å². The molecule has 4 heterocycles. The van der Waals surface area contributed by atoms with Gasteiger partial charge in [0.2, 0.25) is 5.95 Å². The van der Waals surface area contributed by atoms with Crippen LogP contribution in [0.25, 0.3) is 11.3 Å². The SMILES string of the molecule is Cc1ccc(NC(=O)c2sc(C3CCN(C)CC3)nc2C)cc1Nc1nccc(-c2cccnc2)n1. The molecule has 1 aliphatic rings. The second-order valence-electron chi connectivity index (χ2n) is 9.16. The van der Waals surface area contributed by atoms with Gasteiger partial charge in [-0.25, -0.2) is 15.0 Å². The topological polar surface area (TPSA) is 95.9 Å². The summed E-state index contributed by atoms with van der Waals surface area (Å²) in [5.74, 6) is 0.780. The Bertz CT molecular complexity index is 1360. The van der Waals surface area contributed by atoms with E-state index in [0.29, 0.717) is 22.4 Å². The van der Waals surface area contributed by atoms with Crippen LogP contribution in [-0.2, 0) is 0 Å². The molecule has 1 fully saturated rings. The van der Waals surface area contributed by atoms with Gasteiger partial charge in [-0.3, -0.25) is 9.78 Å². The van der Waals surface area contributed by atoms with Crippen LogP contribution < -0.4 is 10.6 Å². The predicted molar refractivity (Wildman–Crippen MR) is 144 cm³/mol. The zero-order chi connectivity index (χ0) is 25.1. The number of anilines is 3. The Hall–Kier alpha value is -3.69. The van der Waals surface area contributed by atoms with Gasteiger partial charge in [-0.2, -0.15) is 0 Å². The number of aryl methyl sites for hydroxylation is 2.